The van der Waals surface area contributed by atoms with E-state index in [9.17, 15) is 0 Å². The Bertz CT molecular complexity index is 344. The zero-order valence-electron chi connectivity index (χ0n) is 20.3. The maximum absolute atomic E-state index is 3.74. The fourth-order valence-corrected chi connectivity index (χ4v) is 1.90. The fraction of sp³-hybridized carbons (Fsp3) is 0.783. The number of hydrogen-bond donors (Lipinski definition) is 0. The van der Waals surface area contributed by atoms with Gasteiger partial charge in [0.2, 0.25) is 0 Å². The van der Waals surface area contributed by atoms with Crippen molar-refractivity contribution in [3.63, 3.8) is 0 Å². The Hall–Kier alpha value is -0.0557. The van der Waals surface area contributed by atoms with Crippen LogP contribution >= 0.6 is 0 Å². The van der Waals surface area contributed by atoms with Crippen molar-refractivity contribution in [2.45, 2.75) is 80.1 Å². The minimum absolute atomic E-state index is 0. The van der Waals surface area contributed by atoms with Gasteiger partial charge in [0.05, 0.1) is 0 Å². The third-order valence-corrected chi connectivity index (χ3v) is 3.84. The van der Waals surface area contributed by atoms with Crippen LogP contribution in [0.25, 0.3) is 16.0 Å². The predicted molar refractivity (Wildman–Crippen MR) is 124 cm³/mol. The number of rotatable bonds is 6. The summed E-state index contributed by atoms with van der Waals surface area (Å²) in [5.41, 5.74) is 4.59. The van der Waals surface area contributed by atoms with E-state index in [0.29, 0.717) is 17.8 Å². The van der Waals surface area contributed by atoms with Crippen LogP contribution in [0.15, 0.2) is 12.1 Å². The molecule has 0 radical (unpaired) electrons. The Morgan fingerprint density at radius 2 is 1.07 bits per heavy atom. The SMILES string of the molecule is CC(C)c1cc(C(C)C)[c-](C(C)C)c1.CC[N-]C.CC[N-]C.CC[N-]C.[Ti+4]. The standard InChI is InChI=1S/C14H23.3C3H8N.Ti/c1-9(2)12-7-13(10(3)4)14(8-12)11(5)6;3*1-3-4-2;/h7-11H,1-6H3;3*3H2,1-2H3;/q4*-1;+4. The van der Waals surface area contributed by atoms with E-state index < -0.39 is 0 Å². The molecule has 0 spiro atoms. The quantitative estimate of drug-likeness (QED) is 0.337. The maximum atomic E-state index is 3.74. The molecule has 3 nitrogen and oxygen atoms in total. The molecule has 0 N–H and O–H groups in total. The Kier molecular flexibility index (Phi) is 30.6. The summed E-state index contributed by atoms with van der Waals surface area (Å²) in [6, 6.07) is 4.79. The summed E-state index contributed by atoms with van der Waals surface area (Å²) in [6.45, 7) is 22.5. The number of nitrogens with zero attached hydrogens (tertiary/aromatic N) is 3. The summed E-state index contributed by atoms with van der Waals surface area (Å²) < 4.78 is 0. The van der Waals surface area contributed by atoms with Crippen LogP contribution in [-0.4, -0.2) is 40.8 Å². The van der Waals surface area contributed by atoms with E-state index in [0.717, 1.165) is 19.6 Å². The third kappa shape index (κ3) is 20.5. The van der Waals surface area contributed by atoms with E-state index in [2.05, 4.69) is 69.6 Å². The van der Waals surface area contributed by atoms with E-state index in [-0.39, 0.29) is 21.7 Å². The summed E-state index contributed by atoms with van der Waals surface area (Å²) >= 11 is 0. The van der Waals surface area contributed by atoms with E-state index in [1.807, 2.05) is 20.8 Å². The van der Waals surface area contributed by atoms with Gasteiger partial charge in [-0.05, 0) is 5.92 Å². The van der Waals surface area contributed by atoms with Crippen LogP contribution in [0.5, 0.6) is 0 Å². The van der Waals surface area contributed by atoms with Gasteiger partial charge in [-0.25, -0.2) is 6.07 Å². The average Bonchev–Trinajstić information content (AvgIpc) is 3.08. The topological polar surface area (TPSA) is 42.3 Å². The molecule has 0 aliphatic carbocycles. The molecule has 0 aliphatic heterocycles. The molecule has 0 heterocycles. The largest absolute Gasteiger partial charge is 4.00 e. The van der Waals surface area contributed by atoms with Crippen LogP contribution in [0.3, 0.4) is 0 Å². The van der Waals surface area contributed by atoms with E-state index in [4.69, 9.17) is 0 Å². The van der Waals surface area contributed by atoms with Crippen molar-refractivity contribution in [1.29, 1.82) is 0 Å². The van der Waals surface area contributed by atoms with Crippen molar-refractivity contribution in [2.75, 3.05) is 40.8 Å². The van der Waals surface area contributed by atoms with Crippen molar-refractivity contribution in [3.8, 4) is 0 Å². The van der Waals surface area contributed by atoms with Crippen LogP contribution < -0.4 is 0 Å². The maximum Gasteiger partial charge on any atom is 4.00 e. The minimum Gasteiger partial charge on any atom is -0.665 e. The number of hydrogen-bond acceptors (Lipinski definition) is 0. The Balaban J connectivity index is -0.000000169. The third-order valence-electron chi connectivity index (χ3n) is 3.84. The van der Waals surface area contributed by atoms with Crippen LogP contribution in [0.4, 0.5) is 0 Å². The Labute approximate surface area is 187 Å². The Morgan fingerprint density at radius 1 is 0.741 bits per heavy atom. The first-order chi connectivity index (χ1) is 12.2. The van der Waals surface area contributed by atoms with Crippen molar-refractivity contribution in [2.24, 2.45) is 0 Å². The van der Waals surface area contributed by atoms with Gasteiger partial charge in [0, 0.05) is 0 Å². The summed E-state index contributed by atoms with van der Waals surface area (Å²) in [5, 5.41) is 11.2. The minimum atomic E-state index is 0. The molecule has 158 valence electrons. The van der Waals surface area contributed by atoms with Gasteiger partial charge in [-0.2, -0.15) is 63.5 Å². The first-order valence-electron chi connectivity index (χ1n) is 10.1. The van der Waals surface area contributed by atoms with Gasteiger partial charge >= 0.3 is 21.7 Å². The van der Waals surface area contributed by atoms with Gasteiger partial charge in [0.15, 0.2) is 0 Å². The van der Waals surface area contributed by atoms with Crippen LogP contribution in [0, 0.1) is 0 Å². The van der Waals surface area contributed by atoms with E-state index in [1.54, 1.807) is 32.3 Å². The molecule has 0 saturated carbocycles. The summed E-state index contributed by atoms with van der Waals surface area (Å²) in [6.07, 6.45) is 0. The molecule has 27 heavy (non-hydrogen) atoms. The first kappa shape index (κ1) is 34.5. The molecular weight excluding hydrogens is 366 g/mol. The monoisotopic (exact) mass is 413 g/mol. The second-order valence-corrected chi connectivity index (χ2v) is 7.06. The van der Waals surface area contributed by atoms with E-state index in [1.165, 1.54) is 5.56 Å². The van der Waals surface area contributed by atoms with Crippen molar-refractivity contribution >= 4 is 0 Å². The van der Waals surface area contributed by atoms with Gasteiger partial charge in [0.1, 0.15) is 0 Å². The van der Waals surface area contributed by atoms with Gasteiger partial charge in [-0.3, -0.25) is 0 Å². The molecule has 1 rings (SSSR count). The van der Waals surface area contributed by atoms with Gasteiger partial charge < -0.3 is 16.0 Å². The molecule has 0 aliphatic rings. The second kappa shape index (κ2) is 24.0. The normalized spacial score (nSPS) is 9.59. The molecule has 0 fully saturated rings. The zero-order chi connectivity index (χ0) is 21.1. The fourth-order valence-electron chi connectivity index (χ4n) is 1.90. The molecule has 1 aromatic rings. The van der Waals surface area contributed by atoms with Gasteiger partial charge in [-0.1, -0.05) is 74.1 Å². The smallest absolute Gasteiger partial charge is 0.665 e. The summed E-state index contributed by atoms with van der Waals surface area (Å²) in [7, 11) is 5.42. The van der Waals surface area contributed by atoms with Gasteiger partial charge in [-0.15, -0.1) is 0 Å². The molecule has 1 aromatic carbocycles. The Morgan fingerprint density at radius 3 is 1.22 bits per heavy atom. The van der Waals surface area contributed by atoms with E-state index >= 15 is 0 Å². The molecule has 0 aromatic heterocycles. The molecule has 0 atom stereocenters. The second-order valence-electron chi connectivity index (χ2n) is 7.06. The predicted octanol–water partition coefficient (Wildman–Crippen LogP) is 7.80. The van der Waals surface area contributed by atoms with Crippen LogP contribution in [0.2, 0.25) is 0 Å². The molecular formula is C23H47N3Ti. The van der Waals surface area contributed by atoms with Crippen LogP contribution in [0.1, 0.15) is 96.8 Å². The molecule has 4 heteroatoms. The molecule has 0 unspecified atom stereocenters. The summed E-state index contributed by atoms with van der Waals surface area (Å²) in [4.78, 5) is 0. The van der Waals surface area contributed by atoms with Crippen molar-refractivity contribution in [1.82, 2.24) is 0 Å². The average molecular weight is 414 g/mol. The molecule has 0 bridgehead atoms. The zero-order valence-corrected chi connectivity index (χ0v) is 21.9. The van der Waals surface area contributed by atoms with Crippen molar-refractivity contribution < 1.29 is 21.7 Å². The first-order valence-corrected chi connectivity index (χ1v) is 10.1. The van der Waals surface area contributed by atoms with Gasteiger partial charge in [0.25, 0.3) is 0 Å². The molecule has 0 amide bonds. The molecule has 0 saturated heterocycles. The van der Waals surface area contributed by atoms with Crippen molar-refractivity contribution in [3.05, 3.63) is 44.8 Å². The van der Waals surface area contributed by atoms with Crippen LogP contribution in [-0.2, 0) is 21.7 Å². The summed E-state index contributed by atoms with van der Waals surface area (Å²) in [5.74, 6) is 1.96.